The Morgan fingerprint density at radius 2 is 1.86 bits per heavy atom. The number of hydrogen-bond acceptors (Lipinski definition) is 6. The molecule has 1 aliphatic carbocycles. The molecule has 1 fully saturated rings. The highest BCUT2D eigenvalue weighted by Gasteiger charge is 2.39. The number of carbonyl (C=O) groups excluding carboxylic acids is 1. The topological polar surface area (TPSA) is 100 Å². The van der Waals surface area contributed by atoms with E-state index in [0.717, 1.165) is 36.8 Å². The van der Waals surface area contributed by atoms with Gasteiger partial charge in [0.05, 0.1) is 13.2 Å². The summed E-state index contributed by atoms with van der Waals surface area (Å²) in [4.78, 5) is 19.0. The number of fused-ring (bicyclic) bond motifs is 1. The van der Waals surface area contributed by atoms with Crippen LogP contribution >= 0.6 is 0 Å². The van der Waals surface area contributed by atoms with Gasteiger partial charge in [-0.25, -0.2) is 8.42 Å². The summed E-state index contributed by atoms with van der Waals surface area (Å²) >= 11 is 0. The van der Waals surface area contributed by atoms with Crippen LogP contribution in [0, 0.1) is 11.8 Å². The standard InChI is InChI=1S/C27H37N3O5S/c1-19-16-30(20(2)18-31)36(33,34)26-10-9-23(21-11-13-28-14-12-21)15-24(26)35-25(19)17-29(3)27(32)22-7-5-4-6-8-22/h9-15,19-20,22,25,31H,4-8,16-18H2,1-3H3/t19-,20+,25+/m1/s1. The molecule has 8 nitrogen and oxygen atoms in total. The summed E-state index contributed by atoms with van der Waals surface area (Å²) in [6, 6.07) is 8.20. The molecule has 9 heteroatoms. The smallest absolute Gasteiger partial charge is 0.247 e. The molecule has 1 aromatic heterocycles. The maximum Gasteiger partial charge on any atom is 0.247 e. The molecule has 1 aliphatic heterocycles. The number of amides is 1. The first kappa shape index (κ1) is 26.6. The summed E-state index contributed by atoms with van der Waals surface area (Å²) in [6.07, 6.45) is 8.13. The van der Waals surface area contributed by atoms with Gasteiger partial charge in [-0.15, -0.1) is 0 Å². The van der Waals surface area contributed by atoms with Crippen LogP contribution in [0.1, 0.15) is 46.0 Å². The molecule has 0 saturated heterocycles. The highest BCUT2D eigenvalue weighted by atomic mass is 32.2. The summed E-state index contributed by atoms with van der Waals surface area (Å²) < 4.78 is 35.2. The van der Waals surface area contributed by atoms with E-state index in [4.69, 9.17) is 4.74 Å². The minimum atomic E-state index is -3.92. The van der Waals surface area contributed by atoms with Gasteiger partial charge in [-0.1, -0.05) is 32.3 Å². The van der Waals surface area contributed by atoms with Crippen LogP contribution in [-0.2, 0) is 14.8 Å². The zero-order valence-corrected chi connectivity index (χ0v) is 22.2. The molecule has 4 rings (SSSR count). The van der Waals surface area contributed by atoms with Gasteiger partial charge < -0.3 is 14.7 Å². The molecule has 196 valence electrons. The summed E-state index contributed by atoms with van der Waals surface area (Å²) in [7, 11) is -2.11. The predicted molar refractivity (Wildman–Crippen MR) is 138 cm³/mol. The maximum absolute atomic E-state index is 13.7. The van der Waals surface area contributed by atoms with Crippen LogP contribution in [0.3, 0.4) is 0 Å². The molecule has 1 aromatic carbocycles. The zero-order chi connectivity index (χ0) is 25.9. The van der Waals surface area contributed by atoms with Gasteiger partial charge in [0.25, 0.3) is 0 Å². The number of pyridine rings is 1. The summed E-state index contributed by atoms with van der Waals surface area (Å²) in [6.45, 7) is 3.89. The Morgan fingerprint density at radius 1 is 1.17 bits per heavy atom. The molecule has 2 aliphatic rings. The van der Waals surface area contributed by atoms with Gasteiger partial charge in [0.1, 0.15) is 16.7 Å². The lowest BCUT2D eigenvalue weighted by Crippen LogP contribution is -2.50. The summed E-state index contributed by atoms with van der Waals surface area (Å²) in [5, 5.41) is 9.84. The van der Waals surface area contributed by atoms with Crippen LogP contribution < -0.4 is 4.74 Å². The highest BCUT2D eigenvalue weighted by Crippen LogP contribution is 2.36. The van der Waals surface area contributed by atoms with E-state index in [-0.39, 0.29) is 41.5 Å². The number of nitrogens with zero attached hydrogens (tertiary/aromatic N) is 3. The van der Waals surface area contributed by atoms with Crippen molar-refractivity contribution in [3.63, 3.8) is 0 Å². The van der Waals surface area contributed by atoms with Crippen LogP contribution in [0.25, 0.3) is 11.1 Å². The van der Waals surface area contributed by atoms with Crippen LogP contribution in [0.4, 0.5) is 0 Å². The van der Waals surface area contributed by atoms with Crippen molar-refractivity contribution >= 4 is 15.9 Å². The minimum Gasteiger partial charge on any atom is -0.487 e. The van der Waals surface area contributed by atoms with Crippen molar-refractivity contribution in [2.45, 2.75) is 63.0 Å². The Morgan fingerprint density at radius 3 is 2.53 bits per heavy atom. The lowest BCUT2D eigenvalue weighted by molar-refractivity contribution is -0.136. The molecule has 3 atom stereocenters. The van der Waals surface area contributed by atoms with Crippen molar-refractivity contribution in [1.29, 1.82) is 0 Å². The molecule has 2 aromatic rings. The molecule has 0 unspecified atom stereocenters. The number of ether oxygens (including phenoxy) is 1. The van der Waals surface area contributed by atoms with Gasteiger partial charge in [-0.05, 0) is 55.2 Å². The average molecular weight is 516 g/mol. The first-order valence-corrected chi connectivity index (χ1v) is 14.2. The molecule has 36 heavy (non-hydrogen) atoms. The third-order valence-electron chi connectivity index (χ3n) is 7.47. The lowest BCUT2D eigenvalue weighted by Gasteiger charge is -2.38. The van der Waals surface area contributed by atoms with Crippen molar-refractivity contribution in [2.24, 2.45) is 11.8 Å². The number of rotatable bonds is 6. The molecular formula is C27H37N3O5S. The van der Waals surface area contributed by atoms with Gasteiger partial charge in [-0.2, -0.15) is 4.31 Å². The Kier molecular flexibility index (Phi) is 8.32. The molecular weight excluding hydrogens is 478 g/mol. The van der Waals surface area contributed by atoms with Crippen LogP contribution in [0.5, 0.6) is 5.75 Å². The third kappa shape index (κ3) is 5.58. The molecule has 1 saturated carbocycles. The van der Waals surface area contributed by atoms with Gasteiger partial charge in [0, 0.05) is 43.9 Å². The molecule has 0 radical (unpaired) electrons. The largest absolute Gasteiger partial charge is 0.487 e. The molecule has 1 amide bonds. The Hall–Kier alpha value is -2.49. The summed E-state index contributed by atoms with van der Waals surface area (Å²) in [5.41, 5.74) is 1.71. The number of likely N-dealkylation sites (N-methyl/N-ethyl adjacent to an activating group) is 1. The molecule has 1 N–H and O–H groups in total. The first-order valence-electron chi connectivity index (χ1n) is 12.8. The molecule has 2 heterocycles. The van der Waals surface area contributed by atoms with E-state index in [2.05, 4.69) is 4.98 Å². The van der Waals surface area contributed by atoms with Crippen molar-refractivity contribution < 1.29 is 23.1 Å². The van der Waals surface area contributed by atoms with E-state index >= 15 is 0 Å². The average Bonchev–Trinajstić information content (AvgIpc) is 2.90. The zero-order valence-electron chi connectivity index (χ0n) is 21.3. The fraction of sp³-hybridized carbons (Fsp3) is 0.556. The van der Waals surface area contributed by atoms with E-state index in [9.17, 15) is 18.3 Å². The molecule has 0 bridgehead atoms. The maximum atomic E-state index is 13.7. The number of hydrogen-bond donors (Lipinski definition) is 1. The second-order valence-corrected chi connectivity index (χ2v) is 12.0. The Labute approximate surface area is 214 Å². The van der Waals surface area contributed by atoms with Crippen molar-refractivity contribution in [3.8, 4) is 16.9 Å². The van der Waals surface area contributed by atoms with Gasteiger partial charge in [0.15, 0.2) is 0 Å². The summed E-state index contributed by atoms with van der Waals surface area (Å²) in [5.74, 6) is 0.221. The second-order valence-electron chi connectivity index (χ2n) is 10.2. The lowest BCUT2D eigenvalue weighted by atomic mass is 9.88. The highest BCUT2D eigenvalue weighted by molar-refractivity contribution is 7.89. The fourth-order valence-corrected chi connectivity index (χ4v) is 7.01. The SMILES string of the molecule is C[C@@H]1CN([C@@H](C)CO)S(=O)(=O)c2ccc(-c3ccncc3)cc2O[C@H]1CN(C)C(=O)C1CCCCC1. The predicted octanol–water partition coefficient (Wildman–Crippen LogP) is 3.56. The number of aliphatic hydroxyl groups is 1. The van der Waals surface area contributed by atoms with Crippen LogP contribution in [-0.4, -0.2) is 72.5 Å². The van der Waals surface area contributed by atoms with Gasteiger partial charge in [-0.3, -0.25) is 9.78 Å². The van der Waals surface area contributed by atoms with E-state index < -0.39 is 22.2 Å². The monoisotopic (exact) mass is 515 g/mol. The Balaban J connectivity index is 1.70. The minimum absolute atomic E-state index is 0.0458. The van der Waals surface area contributed by atoms with Crippen LogP contribution in [0.15, 0.2) is 47.6 Å². The number of sulfonamides is 1. The van der Waals surface area contributed by atoms with Crippen molar-refractivity contribution in [1.82, 2.24) is 14.2 Å². The fourth-order valence-electron chi connectivity index (χ4n) is 5.19. The number of benzene rings is 1. The van der Waals surface area contributed by atoms with Crippen LogP contribution in [0.2, 0.25) is 0 Å². The van der Waals surface area contributed by atoms with E-state index in [1.165, 1.54) is 10.7 Å². The quantitative estimate of drug-likeness (QED) is 0.632. The normalized spacial score (nSPS) is 23.6. The van der Waals surface area contributed by atoms with Gasteiger partial charge >= 0.3 is 0 Å². The first-order chi connectivity index (χ1) is 17.2. The van der Waals surface area contributed by atoms with Gasteiger partial charge in [0.2, 0.25) is 15.9 Å². The van der Waals surface area contributed by atoms with Crippen molar-refractivity contribution in [3.05, 3.63) is 42.7 Å². The Bertz CT molecular complexity index is 1150. The van der Waals surface area contributed by atoms with E-state index in [1.54, 1.807) is 42.4 Å². The van der Waals surface area contributed by atoms with E-state index in [0.29, 0.717) is 6.54 Å². The number of carbonyl (C=O) groups is 1. The van der Waals surface area contributed by atoms with E-state index in [1.807, 2.05) is 26.1 Å². The second kappa shape index (κ2) is 11.3. The molecule has 0 spiro atoms. The third-order valence-corrected chi connectivity index (χ3v) is 9.48. The number of aromatic nitrogens is 1. The number of aliphatic hydroxyl groups excluding tert-OH is 1. The van der Waals surface area contributed by atoms with Crippen molar-refractivity contribution in [2.75, 3.05) is 26.7 Å².